The summed E-state index contributed by atoms with van der Waals surface area (Å²) in [7, 11) is 3.25. The third-order valence-electron chi connectivity index (χ3n) is 3.51. The van der Waals surface area contributed by atoms with E-state index in [1.807, 2.05) is 48.5 Å². The molecule has 0 aliphatic rings. The van der Waals surface area contributed by atoms with Crippen molar-refractivity contribution in [2.75, 3.05) is 20.8 Å². The fourth-order valence-electron chi connectivity index (χ4n) is 2.26. The summed E-state index contributed by atoms with van der Waals surface area (Å²) in [6.07, 6.45) is 1.74. The van der Waals surface area contributed by atoms with Gasteiger partial charge in [0.25, 0.3) is 0 Å². The predicted octanol–water partition coefficient (Wildman–Crippen LogP) is 3.56. The number of nitrogens with two attached hydrogens (primary N) is 1. The number of methoxy groups -OCH3 is 2. The highest BCUT2D eigenvalue weighted by molar-refractivity contribution is 5.43. The molecule has 2 N–H and O–H groups in total. The minimum absolute atomic E-state index is 0.0424. The second-order valence-corrected chi connectivity index (χ2v) is 5.02. The van der Waals surface area contributed by atoms with Crippen LogP contribution in [0.25, 0.3) is 0 Å². The van der Waals surface area contributed by atoms with Gasteiger partial charge in [0.15, 0.2) is 11.5 Å². The van der Waals surface area contributed by atoms with Crippen LogP contribution in [0, 0.1) is 0 Å². The van der Waals surface area contributed by atoms with E-state index in [0.717, 1.165) is 24.2 Å². The highest BCUT2D eigenvalue weighted by atomic mass is 16.5. The molecule has 0 saturated heterocycles. The van der Waals surface area contributed by atoms with Gasteiger partial charge in [-0.15, -0.1) is 0 Å². The van der Waals surface area contributed by atoms with E-state index in [1.54, 1.807) is 14.2 Å². The minimum atomic E-state index is -0.0424. The fraction of sp³-hybridized carbons (Fsp3) is 0.333. The van der Waals surface area contributed by atoms with E-state index in [1.165, 1.54) is 0 Å². The monoisotopic (exact) mass is 301 g/mol. The predicted molar refractivity (Wildman–Crippen MR) is 87.6 cm³/mol. The molecule has 0 aliphatic carbocycles. The zero-order chi connectivity index (χ0) is 15.8. The van der Waals surface area contributed by atoms with Gasteiger partial charge in [0.1, 0.15) is 5.75 Å². The number of hydrogen-bond donors (Lipinski definition) is 1. The molecule has 2 rings (SSSR count). The van der Waals surface area contributed by atoms with Gasteiger partial charge in [0.2, 0.25) is 0 Å². The number of rotatable bonds is 8. The molecule has 0 amide bonds. The SMILES string of the molecule is COc1ccc(C(N)CCCOc2ccccc2)cc1OC. The van der Waals surface area contributed by atoms with Crippen LogP contribution in [0.1, 0.15) is 24.4 Å². The van der Waals surface area contributed by atoms with Gasteiger partial charge in [-0.25, -0.2) is 0 Å². The first-order valence-corrected chi connectivity index (χ1v) is 7.40. The highest BCUT2D eigenvalue weighted by Gasteiger charge is 2.10. The molecule has 4 heteroatoms. The van der Waals surface area contributed by atoms with E-state index < -0.39 is 0 Å². The van der Waals surface area contributed by atoms with Crippen molar-refractivity contribution in [2.45, 2.75) is 18.9 Å². The minimum Gasteiger partial charge on any atom is -0.494 e. The lowest BCUT2D eigenvalue weighted by Crippen LogP contribution is -2.12. The molecule has 0 heterocycles. The third-order valence-corrected chi connectivity index (χ3v) is 3.51. The molecule has 0 spiro atoms. The molecule has 0 saturated carbocycles. The van der Waals surface area contributed by atoms with E-state index in [0.29, 0.717) is 18.1 Å². The van der Waals surface area contributed by atoms with Crippen LogP contribution in [0.3, 0.4) is 0 Å². The zero-order valence-electron chi connectivity index (χ0n) is 13.1. The van der Waals surface area contributed by atoms with E-state index in [-0.39, 0.29) is 6.04 Å². The Kier molecular flexibility index (Phi) is 6.10. The first-order valence-electron chi connectivity index (χ1n) is 7.40. The van der Waals surface area contributed by atoms with Crippen LogP contribution in [0.4, 0.5) is 0 Å². The Labute approximate surface area is 131 Å². The van der Waals surface area contributed by atoms with Gasteiger partial charge in [0, 0.05) is 6.04 Å². The van der Waals surface area contributed by atoms with Crippen molar-refractivity contribution in [1.29, 1.82) is 0 Å². The molecule has 1 unspecified atom stereocenters. The lowest BCUT2D eigenvalue weighted by atomic mass is 10.0. The van der Waals surface area contributed by atoms with Crippen molar-refractivity contribution in [3.05, 3.63) is 54.1 Å². The maximum Gasteiger partial charge on any atom is 0.161 e. The maximum atomic E-state index is 6.24. The average molecular weight is 301 g/mol. The third kappa shape index (κ3) is 4.40. The molecule has 0 aromatic heterocycles. The average Bonchev–Trinajstić information content (AvgIpc) is 2.58. The normalized spacial score (nSPS) is 11.8. The molecular formula is C18H23NO3. The van der Waals surface area contributed by atoms with Crippen molar-refractivity contribution in [3.8, 4) is 17.2 Å². The standard InChI is InChI=1S/C18H23NO3/c1-20-17-11-10-14(13-18(17)21-2)16(19)9-6-12-22-15-7-4-3-5-8-15/h3-5,7-8,10-11,13,16H,6,9,12,19H2,1-2H3. The Bertz CT molecular complexity index is 572. The van der Waals surface area contributed by atoms with Gasteiger partial charge in [0.05, 0.1) is 20.8 Å². The smallest absolute Gasteiger partial charge is 0.161 e. The molecule has 0 bridgehead atoms. The second-order valence-electron chi connectivity index (χ2n) is 5.02. The summed E-state index contributed by atoms with van der Waals surface area (Å²) in [4.78, 5) is 0. The van der Waals surface area contributed by atoms with Crippen molar-refractivity contribution < 1.29 is 14.2 Å². The lowest BCUT2D eigenvalue weighted by molar-refractivity contribution is 0.301. The Morgan fingerprint density at radius 2 is 1.68 bits per heavy atom. The van der Waals surface area contributed by atoms with Crippen molar-refractivity contribution in [2.24, 2.45) is 5.73 Å². The van der Waals surface area contributed by atoms with Crippen molar-refractivity contribution >= 4 is 0 Å². The molecule has 0 radical (unpaired) electrons. The molecular weight excluding hydrogens is 278 g/mol. The van der Waals surface area contributed by atoms with Crippen LogP contribution >= 0.6 is 0 Å². The van der Waals surface area contributed by atoms with Crippen molar-refractivity contribution in [3.63, 3.8) is 0 Å². The fourth-order valence-corrected chi connectivity index (χ4v) is 2.26. The summed E-state index contributed by atoms with van der Waals surface area (Å²) in [5.41, 5.74) is 7.28. The molecule has 0 fully saturated rings. The van der Waals surface area contributed by atoms with Crippen LogP contribution in [0.2, 0.25) is 0 Å². The summed E-state index contributed by atoms with van der Waals surface area (Å²) in [6.45, 7) is 0.658. The zero-order valence-corrected chi connectivity index (χ0v) is 13.1. The molecule has 0 aliphatic heterocycles. The van der Waals surface area contributed by atoms with Crippen molar-refractivity contribution in [1.82, 2.24) is 0 Å². The highest BCUT2D eigenvalue weighted by Crippen LogP contribution is 2.30. The first-order chi connectivity index (χ1) is 10.7. The van der Waals surface area contributed by atoms with E-state index in [9.17, 15) is 0 Å². The lowest BCUT2D eigenvalue weighted by Gasteiger charge is -2.15. The molecule has 22 heavy (non-hydrogen) atoms. The summed E-state index contributed by atoms with van der Waals surface area (Å²) >= 11 is 0. The van der Waals surface area contributed by atoms with E-state index in [4.69, 9.17) is 19.9 Å². The summed E-state index contributed by atoms with van der Waals surface area (Å²) < 4.78 is 16.2. The van der Waals surface area contributed by atoms with Gasteiger partial charge in [-0.1, -0.05) is 24.3 Å². The Morgan fingerprint density at radius 3 is 2.36 bits per heavy atom. The molecule has 2 aromatic carbocycles. The van der Waals surface area contributed by atoms with Gasteiger partial charge >= 0.3 is 0 Å². The largest absolute Gasteiger partial charge is 0.494 e. The van der Waals surface area contributed by atoms with Gasteiger partial charge in [-0.3, -0.25) is 0 Å². The Hall–Kier alpha value is -2.20. The van der Waals surface area contributed by atoms with Gasteiger partial charge < -0.3 is 19.9 Å². The van der Waals surface area contributed by atoms with Crippen LogP contribution in [0.15, 0.2) is 48.5 Å². The summed E-state index contributed by atoms with van der Waals surface area (Å²) in [5.74, 6) is 2.31. The number of ether oxygens (including phenoxy) is 3. The quantitative estimate of drug-likeness (QED) is 0.757. The topological polar surface area (TPSA) is 53.7 Å². The summed E-state index contributed by atoms with van der Waals surface area (Å²) in [6, 6.07) is 15.6. The number of benzene rings is 2. The van der Waals surface area contributed by atoms with Crippen LogP contribution in [-0.4, -0.2) is 20.8 Å². The first kappa shape index (κ1) is 16.2. The molecule has 2 aromatic rings. The number of para-hydroxylation sites is 1. The van der Waals surface area contributed by atoms with E-state index in [2.05, 4.69) is 0 Å². The van der Waals surface area contributed by atoms with Crippen LogP contribution in [-0.2, 0) is 0 Å². The van der Waals surface area contributed by atoms with E-state index >= 15 is 0 Å². The Balaban J connectivity index is 1.83. The second kappa shape index (κ2) is 8.29. The van der Waals surface area contributed by atoms with Crippen LogP contribution in [0.5, 0.6) is 17.2 Å². The molecule has 4 nitrogen and oxygen atoms in total. The Morgan fingerprint density at radius 1 is 0.955 bits per heavy atom. The van der Waals surface area contributed by atoms with Crippen LogP contribution < -0.4 is 19.9 Å². The van der Waals surface area contributed by atoms with Gasteiger partial charge in [-0.2, -0.15) is 0 Å². The molecule has 1 atom stereocenters. The van der Waals surface area contributed by atoms with Gasteiger partial charge in [-0.05, 0) is 42.7 Å². The summed E-state index contributed by atoms with van der Waals surface area (Å²) in [5, 5.41) is 0. The maximum absolute atomic E-state index is 6.24. The number of hydrogen-bond acceptors (Lipinski definition) is 4. The molecule has 118 valence electrons.